The van der Waals surface area contributed by atoms with E-state index in [1.807, 2.05) is 4.90 Å². The fourth-order valence-corrected chi connectivity index (χ4v) is 9.47. The molecule has 6 heterocycles. The van der Waals surface area contributed by atoms with Crippen LogP contribution in [-0.4, -0.2) is 46.1 Å². The van der Waals surface area contributed by atoms with Crippen LogP contribution in [0.25, 0.3) is 22.1 Å². The second kappa shape index (κ2) is 12.9. The molecule has 9 rings (SSSR count). The SMILES string of the molecule is CC(C)(C)C1CCN(c2c(F)cc(N3[C@@H](c4ccc5nc([C@@H]6CCCN6)[nH]c5c4)CC[C@H]3c3ccc4nc([C@@H]5CCCN5)[nH]c4c3)cc2F)CC1. The van der Waals surface area contributed by atoms with E-state index in [1.165, 1.54) is 0 Å². The highest BCUT2D eigenvalue weighted by atomic mass is 19.1. The van der Waals surface area contributed by atoms with Crippen molar-refractivity contribution in [2.45, 2.75) is 96.3 Å². The van der Waals surface area contributed by atoms with Crippen LogP contribution in [0.5, 0.6) is 0 Å². The Morgan fingerprint density at radius 1 is 0.667 bits per heavy atom. The summed E-state index contributed by atoms with van der Waals surface area (Å²) in [6.45, 7) is 10.1. The van der Waals surface area contributed by atoms with Gasteiger partial charge >= 0.3 is 0 Å². The zero-order chi connectivity index (χ0) is 34.9. The smallest absolute Gasteiger partial charge is 0.151 e. The van der Waals surface area contributed by atoms with Gasteiger partial charge in [-0.05, 0) is 123 Å². The van der Waals surface area contributed by atoms with E-state index in [1.54, 1.807) is 12.1 Å². The molecule has 0 radical (unpaired) electrons. The van der Waals surface area contributed by atoms with E-state index in [0.29, 0.717) is 24.7 Å². The van der Waals surface area contributed by atoms with Gasteiger partial charge in [0, 0.05) is 18.8 Å². The van der Waals surface area contributed by atoms with Crippen molar-refractivity contribution in [2.24, 2.45) is 11.3 Å². The van der Waals surface area contributed by atoms with Crippen LogP contribution in [0.15, 0.2) is 48.5 Å². The largest absolute Gasteiger partial charge is 0.367 e. The summed E-state index contributed by atoms with van der Waals surface area (Å²) in [4.78, 5) is 21.2. The van der Waals surface area contributed by atoms with Crippen molar-refractivity contribution < 1.29 is 8.78 Å². The lowest BCUT2D eigenvalue weighted by Gasteiger charge is -2.40. The number of rotatable bonds is 6. The molecule has 10 heteroatoms. The minimum Gasteiger partial charge on any atom is -0.367 e. The van der Waals surface area contributed by atoms with E-state index >= 15 is 8.78 Å². The number of benzene rings is 3. The van der Waals surface area contributed by atoms with E-state index in [9.17, 15) is 0 Å². The average molecular weight is 693 g/mol. The van der Waals surface area contributed by atoms with Crippen molar-refractivity contribution in [3.05, 3.63) is 82.9 Å². The summed E-state index contributed by atoms with van der Waals surface area (Å²) in [6.07, 6.45) is 8.02. The molecule has 0 amide bonds. The van der Waals surface area contributed by atoms with E-state index in [0.717, 1.165) is 109 Å². The number of imidazole rings is 2. The Kier molecular flexibility index (Phi) is 8.30. The molecule has 4 fully saturated rings. The molecule has 0 bridgehead atoms. The topological polar surface area (TPSA) is 87.9 Å². The molecule has 268 valence electrons. The lowest BCUT2D eigenvalue weighted by Crippen LogP contribution is -2.39. The number of anilines is 2. The van der Waals surface area contributed by atoms with Crippen molar-refractivity contribution in [2.75, 3.05) is 36.0 Å². The highest BCUT2D eigenvalue weighted by molar-refractivity contribution is 5.78. The van der Waals surface area contributed by atoms with Crippen LogP contribution < -0.4 is 20.4 Å². The summed E-state index contributed by atoms with van der Waals surface area (Å²) in [5.74, 6) is 1.53. The number of H-pyrrole nitrogens is 2. The third-order valence-corrected chi connectivity index (χ3v) is 12.3. The molecule has 4 aliphatic rings. The van der Waals surface area contributed by atoms with E-state index in [4.69, 9.17) is 9.97 Å². The first-order valence-corrected chi connectivity index (χ1v) is 19.2. The van der Waals surface area contributed by atoms with Crippen molar-refractivity contribution in [1.82, 2.24) is 30.6 Å². The highest BCUT2D eigenvalue weighted by Gasteiger charge is 2.38. The average Bonchev–Trinajstić information content (AvgIpc) is 3.96. The Morgan fingerprint density at radius 3 is 1.63 bits per heavy atom. The molecule has 0 unspecified atom stereocenters. The van der Waals surface area contributed by atoms with Crippen molar-refractivity contribution >= 4 is 33.4 Å². The lowest BCUT2D eigenvalue weighted by molar-refractivity contribution is 0.198. The molecule has 51 heavy (non-hydrogen) atoms. The normalized spacial score (nSPS) is 24.9. The Hall–Kier alpha value is -4.02. The van der Waals surface area contributed by atoms with Gasteiger partial charge in [0.15, 0.2) is 11.6 Å². The molecule has 4 aliphatic heterocycles. The standard InChI is InChI=1S/C41H50F2N8/c1-41(2,3)26-14-18-50(19-15-26)38-28(42)22-27(23-29(38)43)51-36(24-8-10-30-34(20-24)48-39(46-30)32-6-4-16-44-32)12-13-37(51)25-9-11-31-35(21-25)49-40(47-31)33-7-5-17-45-33/h8-11,20-23,26,32-33,36-37,44-45H,4-7,12-19H2,1-3H3,(H,46,48)(H,47,49)/t32-,33-,36-,37+/m0/s1. The van der Waals surface area contributed by atoms with Crippen LogP contribution in [0.1, 0.15) is 119 Å². The molecular weight excluding hydrogens is 643 g/mol. The first-order valence-electron chi connectivity index (χ1n) is 19.2. The number of aromatic nitrogens is 4. The van der Waals surface area contributed by atoms with Gasteiger partial charge in [-0.2, -0.15) is 0 Å². The van der Waals surface area contributed by atoms with Gasteiger partial charge in [-0.25, -0.2) is 18.7 Å². The van der Waals surface area contributed by atoms with Crippen LogP contribution in [0.3, 0.4) is 0 Å². The molecule has 2 aromatic heterocycles. The number of halogens is 2. The molecule has 5 aromatic rings. The number of aromatic amines is 2. The monoisotopic (exact) mass is 692 g/mol. The fraction of sp³-hybridized carbons (Fsp3) is 0.512. The molecule has 0 spiro atoms. The minimum absolute atomic E-state index is 0.0707. The Balaban J connectivity index is 1.08. The van der Waals surface area contributed by atoms with Gasteiger partial charge in [0.25, 0.3) is 0 Å². The van der Waals surface area contributed by atoms with Crippen LogP contribution in [0.4, 0.5) is 20.2 Å². The van der Waals surface area contributed by atoms with Gasteiger partial charge in [-0.15, -0.1) is 0 Å². The van der Waals surface area contributed by atoms with Gasteiger partial charge in [-0.3, -0.25) is 0 Å². The molecule has 3 aromatic carbocycles. The molecule has 8 nitrogen and oxygen atoms in total. The lowest BCUT2D eigenvalue weighted by atomic mass is 9.75. The zero-order valence-electron chi connectivity index (χ0n) is 30.0. The second-order valence-electron chi connectivity index (χ2n) is 16.5. The van der Waals surface area contributed by atoms with Crippen molar-refractivity contribution in [3.8, 4) is 0 Å². The quantitative estimate of drug-likeness (QED) is 0.142. The van der Waals surface area contributed by atoms with E-state index in [2.05, 4.69) is 82.7 Å². The van der Waals surface area contributed by atoms with Gasteiger partial charge in [0.2, 0.25) is 0 Å². The van der Waals surface area contributed by atoms with Crippen LogP contribution in [0.2, 0.25) is 0 Å². The zero-order valence-corrected chi connectivity index (χ0v) is 30.0. The summed E-state index contributed by atoms with van der Waals surface area (Å²) >= 11 is 0. The summed E-state index contributed by atoms with van der Waals surface area (Å²) in [7, 11) is 0. The van der Waals surface area contributed by atoms with Gasteiger partial charge in [0.05, 0.1) is 46.2 Å². The molecule has 0 saturated carbocycles. The molecule has 0 aliphatic carbocycles. The maximum Gasteiger partial charge on any atom is 0.151 e. The van der Waals surface area contributed by atoms with E-state index < -0.39 is 11.6 Å². The minimum atomic E-state index is -0.487. The number of hydrogen-bond acceptors (Lipinski definition) is 6. The Bertz CT molecular complexity index is 1920. The number of nitrogens with one attached hydrogen (secondary N) is 4. The molecular formula is C41H50F2N8. The third kappa shape index (κ3) is 6.08. The summed E-state index contributed by atoms with van der Waals surface area (Å²) in [5.41, 5.74) is 6.99. The van der Waals surface area contributed by atoms with Gasteiger partial charge in [-0.1, -0.05) is 32.9 Å². The Morgan fingerprint density at radius 2 is 1.18 bits per heavy atom. The van der Waals surface area contributed by atoms with Crippen molar-refractivity contribution in [1.29, 1.82) is 0 Å². The van der Waals surface area contributed by atoms with Gasteiger partial charge < -0.3 is 30.4 Å². The summed E-state index contributed by atoms with van der Waals surface area (Å²) < 4.78 is 32.6. The first-order chi connectivity index (χ1) is 24.7. The predicted octanol–water partition coefficient (Wildman–Crippen LogP) is 8.91. The maximum absolute atomic E-state index is 16.3. The van der Waals surface area contributed by atoms with Crippen LogP contribution in [-0.2, 0) is 0 Å². The molecule has 4 saturated heterocycles. The van der Waals surface area contributed by atoms with Crippen molar-refractivity contribution in [3.63, 3.8) is 0 Å². The fourth-order valence-electron chi connectivity index (χ4n) is 9.47. The summed E-state index contributed by atoms with van der Waals surface area (Å²) in [5, 5.41) is 7.09. The number of hydrogen-bond donors (Lipinski definition) is 4. The Labute approximate surface area is 298 Å². The maximum atomic E-state index is 16.3. The van der Waals surface area contributed by atoms with E-state index in [-0.39, 0.29) is 35.3 Å². The number of fused-ring (bicyclic) bond motifs is 2. The third-order valence-electron chi connectivity index (χ3n) is 12.3. The predicted molar refractivity (Wildman–Crippen MR) is 200 cm³/mol. The highest BCUT2D eigenvalue weighted by Crippen LogP contribution is 2.49. The second-order valence-corrected chi connectivity index (χ2v) is 16.5. The molecule has 4 atom stereocenters. The van der Waals surface area contributed by atoms with Crippen LogP contribution >= 0.6 is 0 Å². The first kappa shape index (κ1) is 32.9. The van der Waals surface area contributed by atoms with Crippen LogP contribution in [0, 0.1) is 23.0 Å². The number of piperidine rings is 1. The number of nitrogens with zero attached hydrogens (tertiary/aromatic N) is 4. The van der Waals surface area contributed by atoms with Gasteiger partial charge in [0.1, 0.15) is 17.3 Å². The summed E-state index contributed by atoms with van der Waals surface area (Å²) in [6, 6.07) is 16.4. The molecule has 4 N–H and O–H groups in total.